The Labute approximate surface area is 157 Å². The highest BCUT2D eigenvalue weighted by atomic mass is 16.1. The Bertz CT molecular complexity index is 648. The van der Waals surface area contributed by atoms with Crippen LogP contribution in [0.2, 0.25) is 0 Å². The lowest BCUT2D eigenvalue weighted by Gasteiger charge is -2.28. The molecule has 26 heavy (non-hydrogen) atoms. The lowest BCUT2D eigenvalue weighted by molar-refractivity contribution is -0.906. The van der Waals surface area contributed by atoms with E-state index in [1.54, 1.807) is 4.90 Å². The number of rotatable bonds is 8. The van der Waals surface area contributed by atoms with E-state index in [1.165, 1.54) is 24.1 Å². The highest BCUT2D eigenvalue weighted by Crippen LogP contribution is 2.10. The van der Waals surface area contributed by atoms with Crippen LogP contribution in [0.1, 0.15) is 30.4 Å². The van der Waals surface area contributed by atoms with E-state index >= 15 is 0 Å². The van der Waals surface area contributed by atoms with Gasteiger partial charge < -0.3 is 10.2 Å². The van der Waals surface area contributed by atoms with Gasteiger partial charge in [-0.25, -0.2) is 0 Å². The number of benzene rings is 2. The molecule has 1 heterocycles. The van der Waals surface area contributed by atoms with E-state index in [1.807, 2.05) is 18.2 Å². The first-order chi connectivity index (χ1) is 12.8. The second kappa shape index (κ2) is 10.1. The molecule has 2 aromatic rings. The Morgan fingerprint density at radius 1 is 0.885 bits per heavy atom. The molecular formula is C23H31N2O+. The van der Waals surface area contributed by atoms with Gasteiger partial charge in [-0.05, 0) is 24.0 Å². The van der Waals surface area contributed by atoms with Crippen LogP contribution >= 0.6 is 0 Å². The summed E-state index contributed by atoms with van der Waals surface area (Å²) in [6.45, 7) is 4.22. The van der Waals surface area contributed by atoms with E-state index in [0.717, 1.165) is 45.3 Å². The maximum atomic E-state index is 12.4. The number of carbonyl (C=O) groups excluding carboxylic acids is 1. The molecule has 2 aromatic carbocycles. The van der Waals surface area contributed by atoms with Crippen LogP contribution in [0, 0.1) is 5.92 Å². The summed E-state index contributed by atoms with van der Waals surface area (Å²) >= 11 is 0. The lowest BCUT2D eigenvalue weighted by atomic mass is 9.95. The van der Waals surface area contributed by atoms with Gasteiger partial charge in [0.15, 0.2) is 0 Å². The largest absolute Gasteiger partial charge is 0.356 e. The fourth-order valence-corrected chi connectivity index (χ4v) is 3.84. The Hall–Kier alpha value is -2.13. The van der Waals surface area contributed by atoms with Gasteiger partial charge in [0.25, 0.3) is 0 Å². The average molecular weight is 352 g/mol. The summed E-state index contributed by atoms with van der Waals surface area (Å²) in [7, 11) is 0. The zero-order chi connectivity index (χ0) is 18.0. The number of hydrogen-bond donors (Lipinski definition) is 2. The van der Waals surface area contributed by atoms with Gasteiger partial charge in [0.1, 0.15) is 0 Å². The van der Waals surface area contributed by atoms with Gasteiger partial charge in [-0.3, -0.25) is 4.79 Å². The standard InChI is InChI=1S/C23H30N2O/c26-23(24-16-13-21-10-5-2-6-11-21)22-14-18-25(19-15-22)17-7-12-20-8-3-1-4-9-20/h1-6,8-11,22H,7,12-19H2,(H,24,26)/p+1. The molecule has 0 unspecified atom stereocenters. The molecule has 0 radical (unpaired) electrons. The predicted molar refractivity (Wildman–Crippen MR) is 106 cm³/mol. The van der Waals surface area contributed by atoms with Crippen molar-refractivity contribution in [2.45, 2.75) is 32.1 Å². The third kappa shape index (κ3) is 5.99. The number of aryl methyl sites for hydroxylation is 1. The fourth-order valence-electron chi connectivity index (χ4n) is 3.84. The zero-order valence-electron chi connectivity index (χ0n) is 15.6. The third-order valence-corrected chi connectivity index (χ3v) is 5.46. The second-order valence-corrected chi connectivity index (χ2v) is 7.39. The monoisotopic (exact) mass is 351 g/mol. The summed E-state index contributed by atoms with van der Waals surface area (Å²) in [5, 5.41) is 3.13. The molecule has 0 saturated carbocycles. The van der Waals surface area contributed by atoms with Gasteiger partial charge in [0.2, 0.25) is 5.91 Å². The average Bonchev–Trinajstić information content (AvgIpc) is 2.70. The van der Waals surface area contributed by atoms with Crippen LogP contribution in [0.3, 0.4) is 0 Å². The van der Waals surface area contributed by atoms with Crippen molar-refractivity contribution >= 4 is 5.91 Å². The van der Waals surface area contributed by atoms with Crippen LogP contribution in [0.5, 0.6) is 0 Å². The molecule has 138 valence electrons. The topological polar surface area (TPSA) is 33.5 Å². The smallest absolute Gasteiger partial charge is 0.223 e. The van der Waals surface area contributed by atoms with Crippen molar-refractivity contribution in [3.8, 4) is 0 Å². The molecule has 0 atom stereocenters. The predicted octanol–water partition coefficient (Wildman–Crippen LogP) is 2.27. The third-order valence-electron chi connectivity index (χ3n) is 5.46. The minimum Gasteiger partial charge on any atom is -0.356 e. The minimum atomic E-state index is 0.212. The van der Waals surface area contributed by atoms with Gasteiger partial charge in [-0.1, -0.05) is 60.7 Å². The van der Waals surface area contributed by atoms with Gasteiger partial charge in [-0.15, -0.1) is 0 Å². The molecule has 1 fully saturated rings. The molecule has 1 saturated heterocycles. The molecule has 1 amide bonds. The number of carbonyl (C=O) groups is 1. The van der Waals surface area contributed by atoms with Crippen LogP contribution in [0.15, 0.2) is 60.7 Å². The summed E-state index contributed by atoms with van der Waals surface area (Å²) in [5.41, 5.74) is 2.71. The summed E-state index contributed by atoms with van der Waals surface area (Å²) in [5.74, 6) is 0.466. The van der Waals surface area contributed by atoms with E-state index in [4.69, 9.17) is 0 Å². The molecule has 1 aliphatic heterocycles. The lowest BCUT2D eigenvalue weighted by Crippen LogP contribution is -3.13. The van der Waals surface area contributed by atoms with Crippen LogP contribution in [-0.4, -0.2) is 32.1 Å². The van der Waals surface area contributed by atoms with E-state index in [-0.39, 0.29) is 11.8 Å². The van der Waals surface area contributed by atoms with Gasteiger partial charge in [0.05, 0.1) is 19.6 Å². The number of likely N-dealkylation sites (tertiary alicyclic amines) is 1. The molecule has 3 nitrogen and oxygen atoms in total. The Morgan fingerprint density at radius 2 is 1.46 bits per heavy atom. The quantitative estimate of drug-likeness (QED) is 0.752. The number of nitrogens with one attached hydrogen (secondary N) is 2. The summed E-state index contributed by atoms with van der Waals surface area (Å²) in [6, 6.07) is 21.1. The first-order valence-electron chi connectivity index (χ1n) is 10.0. The Kier molecular flexibility index (Phi) is 7.26. The van der Waals surface area contributed by atoms with Crippen LogP contribution < -0.4 is 10.2 Å². The Morgan fingerprint density at radius 3 is 2.08 bits per heavy atom. The van der Waals surface area contributed by atoms with Crippen LogP contribution in [-0.2, 0) is 17.6 Å². The van der Waals surface area contributed by atoms with Crippen molar-refractivity contribution in [3.63, 3.8) is 0 Å². The number of quaternary nitrogens is 1. The van der Waals surface area contributed by atoms with Crippen molar-refractivity contribution in [1.82, 2.24) is 5.32 Å². The number of hydrogen-bond acceptors (Lipinski definition) is 1. The minimum absolute atomic E-state index is 0.212. The molecule has 2 N–H and O–H groups in total. The summed E-state index contributed by atoms with van der Waals surface area (Å²) in [4.78, 5) is 14.0. The van der Waals surface area contributed by atoms with Crippen molar-refractivity contribution in [2.75, 3.05) is 26.2 Å². The molecule has 0 bridgehead atoms. The van der Waals surface area contributed by atoms with E-state index in [2.05, 4.69) is 47.8 Å². The maximum absolute atomic E-state index is 12.4. The first kappa shape index (κ1) is 18.7. The number of piperidine rings is 1. The highest BCUT2D eigenvalue weighted by molar-refractivity contribution is 5.78. The van der Waals surface area contributed by atoms with Crippen molar-refractivity contribution in [2.24, 2.45) is 5.92 Å². The van der Waals surface area contributed by atoms with Gasteiger partial charge in [-0.2, -0.15) is 0 Å². The molecular weight excluding hydrogens is 320 g/mol. The summed E-state index contributed by atoms with van der Waals surface area (Å²) < 4.78 is 0. The second-order valence-electron chi connectivity index (χ2n) is 7.39. The van der Waals surface area contributed by atoms with Crippen molar-refractivity contribution < 1.29 is 9.69 Å². The molecule has 0 aliphatic carbocycles. The first-order valence-corrected chi connectivity index (χ1v) is 10.0. The normalized spacial score (nSPS) is 19.8. The van der Waals surface area contributed by atoms with E-state index in [0.29, 0.717) is 0 Å². The molecule has 1 aliphatic rings. The van der Waals surface area contributed by atoms with E-state index < -0.39 is 0 Å². The molecule has 3 rings (SSSR count). The van der Waals surface area contributed by atoms with E-state index in [9.17, 15) is 4.79 Å². The van der Waals surface area contributed by atoms with Crippen molar-refractivity contribution in [3.05, 3.63) is 71.8 Å². The molecule has 3 heteroatoms. The maximum Gasteiger partial charge on any atom is 0.223 e. The van der Waals surface area contributed by atoms with Crippen molar-refractivity contribution in [1.29, 1.82) is 0 Å². The zero-order valence-corrected chi connectivity index (χ0v) is 15.6. The van der Waals surface area contributed by atoms with Crippen LogP contribution in [0.25, 0.3) is 0 Å². The Balaban J connectivity index is 1.29. The van der Waals surface area contributed by atoms with Crippen LogP contribution in [0.4, 0.5) is 0 Å². The SMILES string of the molecule is O=C(NCCc1ccccc1)C1CC[NH+](CCCc2ccccc2)CC1. The fraction of sp³-hybridized carbons (Fsp3) is 0.435. The number of amides is 1. The molecule has 0 spiro atoms. The molecule has 0 aromatic heterocycles. The summed E-state index contributed by atoms with van der Waals surface area (Å²) in [6.07, 6.45) is 5.35. The highest BCUT2D eigenvalue weighted by Gasteiger charge is 2.26. The van der Waals surface area contributed by atoms with Gasteiger partial charge in [0, 0.05) is 31.7 Å². The van der Waals surface area contributed by atoms with Gasteiger partial charge >= 0.3 is 0 Å².